The zero-order valence-corrected chi connectivity index (χ0v) is 19.1. The van der Waals surface area contributed by atoms with Gasteiger partial charge in [-0.15, -0.1) is 0 Å². The van der Waals surface area contributed by atoms with Gasteiger partial charge in [0.1, 0.15) is 29.0 Å². The molecule has 1 aliphatic rings. The lowest BCUT2D eigenvalue weighted by Crippen LogP contribution is -2.31. The van der Waals surface area contributed by atoms with Crippen LogP contribution in [0.3, 0.4) is 0 Å². The maximum absolute atomic E-state index is 9.61. The molecule has 9 nitrogen and oxygen atoms in total. The van der Waals surface area contributed by atoms with Gasteiger partial charge in [0.25, 0.3) is 0 Å². The lowest BCUT2D eigenvalue weighted by Gasteiger charge is -2.29. The molecule has 0 unspecified atom stereocenters. The third-order valence-corrected chi connectivity index (χ3v) is 6.41. The summed E-state index contributed by atoms with van der Waals surface area (Å²) >= 11 is 0. The quantitative estimate of drug-likeness (QED) is 0.421. The van der Waals surface area contributed by atoms with Gasteiger partial charge in [0.05, 0.1) is 24.1 Å². The first kappa shape index (κ1) is 21.5. The SMILES string of the molecule is Cc1c(-c2cc(O[C@@H](C)c3ccccn3)c3c(C#N)cnn3c2)cnn1C1CCN(C#N)CC1. The number of hydrogen-bond acceptors (Lipinski definition) is 7. The Bertz CT molecular complexity index is 1400. The fourth-order valence-electron chi connectivity index (χ4n) is 4.56. The van der Waals surface area contributed by atoms with Gasteiger partial charge >= 0.3 is 0 Å². The molecule has 1 fully saturated rings. The Balaban J connectivity index is 1.52. The van der Waals surface area contributed by atoms with E-state index in [9.17, 15) is 5.26 Å². The maximum Gasteiger partial charge on any atom is 0.179 e. The van der Waals surface area contributed by atoms with Crippen LogP contribution in [0, 0.1) is 29.7 Å². The van der Waals surface area contributed by atoms with Crippen LogP contribution in [-0.4, -0.2) is 42.4 Å². The highest BCUT2D eigenvalue weighted by atomic mass is 16.5. The minimum atomic E-state index is -0.309. The Kier molecular flexibility index (Phi) is 5.60. The summed E-state index contributed by atoms with van der Waals surface area (Å²) in [6.45, 7) is 5.49. The van der Waals surface area contributed by atoms with Crippen LogP contribution in [0.4, 0.5) is 0 Å². The molecular formula is C25H24N8O. The highest BCUT2D eigenvalue weighted by Crippen LogP contribution is 2.35. The van der Waals surface area contributed by atoms with Gasteiger partial charge in [0.2, 0.25) is 0 Å². The number of ether oxygens (including phenoxy) is 1. The number of pyridine rings is 2. The van der Waals surface area contributed by atoms with Crippen molar-refractivity contribution < 1.29 is 4.74 Å². The van der Waals surface area contributed by atoms with Crippen molar-refractivity contribution >= 4 is 5.52 Å². The highest BCUT2D eigenvalue weighted by Gasteiger charge is 2.24. The smallest absolute Gasteiger partial charge is 0.179 e. The average molecular weight is 453 g/mol. The number of piperidine rings is 1. The molecular weight excluding hydrogens is 428 g/mol. The van der Waals surface area contributed by atoms with Gasteiger partial charge in [-0.3, -0.25) is 9.67 Å². The number of nitriles is 2. The third-order valence-electron chi connectivity index (χ3n) is 6.41. The van der Waals surface area contributed by atoms with E-state index in [-0.39, 0.29) is 12.1 Å². The van der Waals surface area contributed by atoms with Crippen LogP contribution < -0.4 is 4.74 Å². The number of fused-ring (bicyclic) bond motifs is 1. The molecule has 1 atom stereocenters. The van der Waals surface area contributed by atoms with E-state index in [1.54, 1.807) is 21.8 Å². The maximum atomic E-state index is 9.61. The summed E-state index contributed by atoms with van der Waals surface area (Å²) in [5.41, 5.74) is 4.81. The standard InChI is InChI=1S/C25H24N8O/c1-17-22(14-30-33(17)21-6-9-31(16-27)10-7-21)19-11-24(25-20(12-26)13-29-32(25)15-19)34-18(2)23-5-3-4-8-28-23/h3-5,8,11,13-15,18,21H,6-7,9-10H2,1-2H3/t18-/m0/s1. The first-order chi connectivity index (χ1) is 16.6. The molecule has 5 rings (SSSR count). The molecule has 1 aliphatic heterocycles. The fourth-order valence-corrected chi connectivity index (χ4v) is 4.56. The number of nitrogens with zero attached hydrogens (tertiary/aromatic N) is 8. The van der Waals surface area contributed by atoms with Crippen LogP contribution >= 0.6 is 0 Å². The van der Waals surface area contributed by atoms with Gasteiger partial charge in [-0.05, 0) is 44.9 Å². The van der Waals surface area contributed by atoms with E-state index in [1.165, 1.54) is 0 Å². The molecule has 0 N–H and O–H groups in total. The van der Waals surface area contributed by atoms with Crippen LogP contribution in [0.2, 0.25) is 0 Å². The Labute approximate surface area is 197 Å². The van der Waals surface area contributed by atoms with E-state index < -0.39 is 0 Å². The molecule has 4 aromatic heterocycles. The van der Waals surface area contributed by atoms with Crippen LogP contribution in [-0.2, 0) is 0 Å². The molecule has 5 heterocycles. The van der Waals surface area contributed by atoms with E-state index in [4.69, 9.17) is 10.00 Å². The molecule has 0 aromatic carbocycles. The van der Waals surface area contributed by atoms with Crippen molar-refractivity contribution in [1.82, 2.24) is 29.3 Å². The van der Waals surface area contributed by atoms with Gasteiger partial charge in [0, 0.05) is 42.3 Å². The molecule has 0 aliphatic carbocycles. The summed E-state index contributed by atoms with van der Waals surface area (Å²) < 4.78 is 10.1. The topological polar surface area (TPSA) is 108 Å². The summed E-state index contributed by atoms with van der Waals surface area (Å²) in [6.07, 6.45) is 10.8. The van der Waals surface area contributed by atoms with E-state index in [2.05, 4.69) is 39.0 Å². The van der Waals surface area contributed by atoms with Crippen LogP contribution in [0.1, 0.15) is 48.9 Å². The van der Waals surface area contributed by atoms with Crippen LogP contribution in [0.25, 0.3) is 16.6 Å². The molecule has 0 spiro atoms. The minimum absolute atomic E-state index is 0.261. The molecule has 0 saturated carbocycles. The van der Waals surface area contributed by atoms with Gasteiger partial charge < -0.3 is 9.64 Å². The van der Waals surface area contributed by atoms with Crippen molar-refractivity contribution in [2.75, 3.05) is 13.1 Å². The van der Waals surface area contributed by atoms with E-state index >= 15 is 0 Å². The Morgan fingerprint density at radius 2 is 1.97 bits per heavy atom. The van der Waals surface area contributed by atoms with Crippen LogP contribution in [0.15, 0.2) is 49.1 Å². The Morgan fingerprint density at radius 1 is 1.15 bits per heavy atom. The first-order valence-electron chi connectivity index (χ1n) is 11.3. The summed E-state index contributed by atoms with van der Waals surface area (Å²) in [7, 11) is 0. The predicted octanol–water partition coefficient (Wildman–Crippen LogP) is 4.03. The third kappa shape index (κ3) is 3.82. The predicted molar refractivity (Wildman–Crippen MR) is 125 cm³/mol. The molecule has 0 bridgehead atoms. The lowest BCUT2D eigenvalue weighted by atomic mass is 10.0. The normalized spacial score (nSPS) is 15.1. The summed E-state index contributed by atoms with van der Waals surface area (Å²) in [6, 6.07) is 10.1. The van der Waals surface area contributed by atoms with Crippen molar-refractivity contribution in [2.24, 2.45) is 0 Å². The van der Waals surface area contributed by atoms with Gasteiger partial charge in [-0.25, -0.2) is 4.52 Å². The second-order valence-corrected chi connectivity index (χ2v) is 8.48. The molecule has 9 heteroatoms. The zero-order valence-electron chi connectivity index (χ0n) is 19.1. The Hall–Kier alpha value is -4.37. The van der Waals surface area contributed by atoms with Crippen molar-refractivity contribution in [3.05, 3.63) is 66.0 Å². The van der Waals surface area contributed by atoms with E-state index in [1.807, 2.05) is 43.6 Å². The molecule has 4 aromatic rings. The van der Waals surface area contributed by atoms with Gasteiger partial charge in [0.15, 0.2) is 6.19 Å². The number of aromatic nitrogens is 5. The number of rotatable bonds is 5. The Morgan fingerprint density at radius 3 is 2.68 bits per heavy atom. The van der Waals surface area contributed by atoms with Gasteiger partial charge in [-0.1, -0.05) is 6.07 Å². The number of hydrogen-bond donors (Lipinski definition) is 0. The second-order valence-electron chi connectivity index (χ2n) is 8.48. The average Bonchev–Trinajstić information content (AvgIpc) is 3.48. The second kappa shape index (κ2) is 8.87. The van der Waals surface area contributed by atoms with E-state index in [0.717, 1.165) is 48.4 Å². The van der Waals surface area contributed by atoms with Crippen molar-refractivity contribution in [3.63, 3.8) is 0 Å². The summed E-state index contributed by atoms with van der Waals surface area (Å²) in [5, 5.41) is 27.8. The van der Waals surface area contributed by atoms with Crippen LogP contribution in [0.5, 0.6) is 5.75 Å². The molecule has 34 heavy (non-hydrogen) atoms. The molecule has 170 valence electrons. The molecule has 0 radical (unpaired) electrons. The fraction of sp³-hybridized carbons (Fsp3) is 0.320. The molecule has 1 saturated heterocycles. The lowest BCUT2D eigenvalue weighted by molar-refractivity contribution is 0.224. The minimum Gasteiger partial charge on any atom is -0.482 e. The van der Waals surface area contributed by atoms with Gasteiger partial charge in [-0.2, -0.15) is 20.7 Å². The highest BCUT2D eigenvalue weighted by molar-refractivity contribution is 5.76. The zero-order chi connectivity index (χ0) is 23.7. The van der Waals surface area contributed by atoms with E-state index in [0.29, 0.717) is 16.8 Å². The number of likely N-dealkylation sites (tertiary alicyclic amines) is 1. The molecule has 0 amide bonds. The van der Waals surface area contributed by atoms with Crippen molar-refractivity contribution in [1.29, 1.82) is 10.5 Å². The first-order valence-corrected chi connectivity index (χ1v) is 11.3. The largest absolute Gasteiger partial charge is 0.482 e. The summed E-state index contributed by atoms with van der Waals surface area (Å²) in [4.78, 5) is 6.19. The van der Waals surface area contributed by atoms with Crippen molar-refractivity contribution in [3.8, 4) is 29.1 Å². The summed E-state index contributed by atoms with van der Waals surface area (Å²) in [5.74, 6) is 0.569. The van der Waals surface area contributed by atoms with Crippen molar-refractivity contribution in [2.45, 2.75) is 38.8 Å². The monoisotopic (exact) mass is 452 g/mol.